The number of methoxy groups -OCH3 is 1. The summed E-state index contributed by atoms with van der Waals surface area (Å²) in [5.74, 6) is -1.65. The van der Waals surface area contributed by atoms with Crippen molar-refractivity contribution in [1.82, 2.24) is 0 Å². The summed E-state index contributed by atoms with van der Waals surface area (Å²) in [6.45, 7) is 3.77. The third kappa shape index (κ3) is 3.18. The van der Waals surface area contributed by atoms with E-state index < -0.39 is 11.9 Å². The van der Waals surface area contributed by atoms with E-state index in [1.54, 1.807) is 0 Å². The molecular weight excluding hydrogens is 144 g/mol. The van der Waals surface area contributed by atoms with Crippen LogP contribution in [0.4, 0.5) is 0 Å². The molecule has 0 aromatic rings. The predicted molar refractivity (Wildman–Crippen MR) is 43.2 cm³/mol. The molecule has 0 spiro atoms. The number of hydrogen-bond acceptors (Lipinski definition) is 3. The predicted octanol–water partition coefficient (Wildman–Crippen LogP) is 0.892. The van der Waals surface area contributed by atoms with E-state index in [0.29, 0.717) is 12.8 Å². The lowest BCUT2D eigenvalue weighted by atomic mass is 10.0. The quantitative estimate of drug-likeness (QED) is 0.590. The van der Waals surface area contributed by atoms with Crippen molar-refractivity contribution in [3.8, 4) is 0 Å². The van der Waals surface area contributed by atoms with Crippen molar-refractivity contribution in [2.45, 2.75) is 45.0 Å². The van der Waals surface area contributed by atoms with Gasteiger partial charge in [-0.15, -0.1) is 0 Å². The van der Waals surface area contributed by atoms with Crippen LogP contribution in [-0.2, 0) is 4.74 Å². The Kier molecular flexibility index (Phi) is 4.65. The van der Waals surface area contributed by atoms with Gasteiger partial charge in [0, 0.05) is 13.5 Å². The molecule has 0 saturated heterocycles. The molecule has 3 heteroatoms. The van der Waals surface area contributed by atoms with E-state index in [1.807, 2.05) is 13.8 Å². The van der Waals surface area contributed by atoms with Gasteiger partial charge in [0.1, 0.15) is 6.10 Å². The van der Waals surface area contributed by atoms with E-state index >= 15 is 0 Å². The summed E-state index contributed by atoms with van der Waals surface area (Å²) < 4.78 is 4.92. The molecule has 0 aliphatic carbocycles. The van der Waals surface area contributed by atoms with Gasteiger partial charge < -0.3 is 14.9 Å². The maximum Gasteiger partial charge on any atom is 0.189 e. The number of rotatable bonds is 5. The molecular formula is C8H18O3. The highest BCUT2D eigenvalue weighted by Gasteiger charge is 2.31. The average molecular weight is 162 g/mol. The summed E-state index contributed by atoms with van der Waals surface area (Å²) >= 11 is 0. The summed E-state index contributed by atoms with van der Waals surface area (Å²) in [6, 6.07) is 0. The van der Waals surface area contributed by atoms with Crippen LogP contribution in [0, 0.1) is 0 Å². The second-order valence-corrected chi connectivity index (χ2v) is 2.76. The van der Waals surface area contributed by atoms with Gasteiger partial charge in [-0.3, -0.25) is 0 Å². The fraction of sp³-hybridized carbons (Fsp3) is 1.00. The largest absolute Gasteiger partial charge is 0.376 e. The molecule has 0 rings (SSSR count). The zero-order valence-corrected chi connectivity index (χ0v) is 7.50. The summed E-state index contributed by atoms with van der Waals surface area (Å²) in [4.78, 5) is 0. The Morgan fingerprint density at radius 3 is 2.18 bits per heavy atom. The first-order chi connectivity index (χ1) is 5.08. The molecule has 11 heavy (non-hydrogen) atoms. The van der Waals surface area contributed by atoms with E-state index in [2.05, 4.69) is 0 Å². The molecule has 0 aromatic carbocycles. The van der Waals surface area contributed by atoms with Crippen LogP contribution in [-0.4, -0.2) is 29.2 Å². The number of aliphatic hydroxyl groups is 2. The summed E-state index contributed by atoms with van der Waals surface area (Å²) in [5, 5.41) is 18.8. The van der Waals surface area contributed by atoms with E-state index in [4.69, 9.17) is 4.74 Å². The monoisotopic (exact) mass is 162 g/mol. The minimum absolute atomic E-state index is 0.360. The molecule has 1 unspecified atom stereocenters. The highest BCUT2D eigenvalue weighted by molar-refractivity contribution is 4.74. The van der Waals surface area contributed by atoms with Crippen molar-refractivity contribution in [3.05, 3.63) is 0 Å². The fourth-order valence-corrected chi connectivity index (χ4v) is 1.21. The lowest BCUT2D eigenvalue weighted by molar-refractivity contribution is -0.236. The van der Waals surface area contributed by atoms with Crippen LogP contribution in [0.1, 0.15) is 33.1 Å². The van der Waals surface area contributed by atoms with Gasteiger partial charge in [-0.25, -0.2) is 0 Å². The molecule has 0 bridgehead atoms. The van der Waals surface area contributed by atoms with Crippen molar-refractivity contribution in [1.29, 1.82) is 0 Å². The lowest BCUT2D eigenvalue weighted by Gasteiger charge is -2.28. The first-order valence-electron chi connectivity index (χ1n) is 4.06. The second-order valence-electron chi connectivity index (χ2n) is 2.76. The van der Waals surface area contributed by atoms with E-state index in [9.17, 15) is 10.2 Å². The average Bonchev–Trinajstić information content (AvgIpc) is 1.89. The minimum Gasteiger partial charge on any atom is -0.376 e. The van der Waals surface area contributed by atoms with Crippen molar-refractivity contribution < 1.29 is 14.9 Å². The zero-order chi connectivity index (χ0) is 8.91. The maximum atomic E-state index is 9.40. The summed E-state index contributed by atoms with van der Waals surface area (Å²) in [6.07, 6.45) is 1.25. The topological polar surface area (TPSA) is 49.7 Å². The van der Waals surface area contributed by atoms with Crippen LogP contribution < -0.4 is 0 Å². The Bertz CT molecular complexity index is 97.5. The van der Waals surface area contributed by atoms with Crippen molar-refractivity contribution in [2.75, 3.05) is 7.11 Å². The van der Waals surface area contributed by atoms with Crippen molar-refractivity contribution >= 4 is 0 Å². The Morgan fingerprint density at radius 1 is 1.36 bits per heavy atom. The maximum absolute atomic E-state index is 9.40. The number of ether oxygens (including phenoxy) is 1. The van der Waals surface area contributed by atoms with Crippen LogP contribution in [0.3, 0.4) is 0 Å². The SMILES string of the molecule is CCCC(O)(O)C(CC)OC. The normalized spacial score (nSPS) is 15.0. The molecule has 0 radical (unpaired) electrons. The Labute approximate surface area is 68.0 Å². The Balaban J connectivity index is 4.00. The van der Waals surface area contributed by atoms with E-state index in [1.165, 1.54) is 7.11 Å². The molecule has 2 N–H and O–H groups in total. The molecule has 0 aromatic heterocycles. The second kappa shape index (κ2) is 4.70. The highest BCUT2D eigenvalue weighted by atomic mass is 16.6. The minimum atomic E-state index is -1.65. The zero-order valence-electron chi connectivity index (χ0n) is 7.50. The molecule has 0 amide bonds. The first-order valence-corrected chi connectivity index (χ1v) is 4.06. The van der Waals surface area contributed by atoms with Crippen LogP contribution in [0.5, 0.6) is 0 Å². The van der Waals surface area contributed by atoms with Crippen LogP contribution in [0.25, 0.3) is 0 Å². The summed E-state index contributed by atoms with van der Waals surface area (Å²) in [7, 11) is 1.49. The number of hydrogen-bond donors (Lipinski definition) is 2. The van der Waals surface area contributed by atoms with Gasteiger partial charge in [0.05, 0.1) is 0 Å². The van der Waals surface area contributed by atoms with Gasteiger partial charge in [-0.05, 0) is 6.42 Å². The van der Waals surface area contributed by atoms with Gasteiger partial charge in [-0.1, -0.05) is 20.3 Å². The molecule has 0 aliphatic heterocycles. The van der Waals surface area contributed by atoms with Gasteiger partial charge in [0.2, 0.25) is 0 Å². The molecule has 0 fully saturated rings. The third-order valence-corrected chi connectivity index (χ3v) is 1.79. The van der Waals surface area contributed by atoms with Crippen LogP contribution in [0.15, 0.2) is 0 Å². The highest BCUT2D eigenvalue weighted by Crippen LogP contribution is 2.18. The van der Waals surface area contributed by atoms with Gasteiger partial charge >= 0.3 is 0 Å². The van der Waals surface area contributed by atoms with Crippen molar-refractivity contribution in [3.63, 3.8) is 0 Å². The smallest absolute Gasteiger partial charge is 0.189 e. The molecule has 0 aliphatic rings. The van der Waals surface area contributed by atoms with Crippen molar-refractivity contribution in [2.24, 2.45) is 0 Å². The Morgan fingerprint density at radius 2 is 1.91 bits per heavy atom. The molecule has 3 nitrogen and oxygen atoms in total. The van der Waals surface area contributed by atoms with E-state index in [-0.39, 0.29) is 0 Å². The molecule has 0 heterocycles. The Hall–Kier alpha value is -0.120. The van der Waals surface area contributed by atoms with E-state index in [0.717, 1.165) is 6.42 Å². The standard InChI is InChI=1S/C8H18O3/c1-4-6-8(9,10)7(5-2)11-3/h7,9-10H,4-6H2,1-3H3. The molecule has 0 saturated carbocycles. The molecule has 1 atom stereocenters. The van der Waals surface area contributed by atoms with Gasteiger partial charge in [0.15, 0.2) is 5.79 Å². The van der Waals surface area contributed by atoms with Gasteiger partial charge in [-0.2, -0.15) is 0 Å². The van der Waals surface area contributed by atoms with Crippen LogP contribution >= 0.6 is 0 Å². The van der Waals surface area contributed by atoms with Crippen LogP contribution in [0.2, 0.25) is 0 Å². The summed E-state index contributed by atoms with van der Waals surface area (Å²) in [5.41, 5.74) is 0. The third-order valence-electron chi connectivity index (χ3n) is 1.79. The fourth-order valence-electron chi connectivity index (χ4n) is 1.21. The van der Waals surface area contributed by atoms with Gasteiger partial charge in [0.25, 0.3) is 0 Å². The molecule has 68 valence electrons. The lowest BCUT2D eigenvalue weighted by Crippen LogP contribution is -2.42. The first kappa shape index (κ1) is 10.9.